The molecule has 6 rings (SSSR count). The van der Waals surface area contributed by atoms with Gasteiger partial charge in [-0.25, -0.2) is 14.4 Å². The van der Waals surface area contributed by atoms with Crippen molar-refractivity contribution in [2.24, 2.45) is 0 Å². The number of carbonyl (C=O) groups excluding carboxylic acids is 1. The summed E-state index contributed by atoms with van der Waals surface area (Å²) in [4.78, 5) is 27.9. The molecule has 0 atom stereocenters. The molecule has 3 aromatic rings. The highest BCUT2D eigenvalue weighted by molar-refractivity contribution is 5.95. The standard InChI is InChI=1S/C29H32FN5O/c1-3-26(36)33-13-15-34(16-14-33)29-23-11-12-35(18-25(23)31-19(2)32-29)28-22-10-5-4-7-21(22)17-24(27(28)30)20-8-6-9-20/h3-5,7,10,17,20H,1,6,8-9,11-16,18H2,2H3. The Balaban J connectivity index is 1.33. The van der Waals surface area contributed by atoms with E-state index in [4.69, 9.17) is 9.97 Å². The summed E-state index contributed by atoms with van der Waals surface area (Å²) in [5.74, 6) is 1.94. The van der Waals surface area contributed by atoms with E-state index in [0.29, 0.717) is 25.6 Å². The molecule has 0 radical (unpaired) electrons. The SMILES string of the molecule is C=CC(=O)N1CCN(c2nc(C)nc3c2CCN(c2c(F)c(C4CCC4)cc4ccccc24)C3)CC1. The number of aryl methyl sites for hydroxylation is 1. The van der Waals surface area contributed by atoms with Gasteiger partial charge in [-0.3, -0.25) is 4.79 Å². The highest BCUT2D eigenvalue weighted by Crippen LogP contribution is 2.43. The normalized spacial score (nSPS) is 18.2. The largest absolute Gasteiger partial charge is 0.362 e. The minimum Gasteiger partial charge on any atom is -0.362 e. The van der Waals surface area contributed by atoms with Crippen LogP contribution in [-0.2, 0) is 17.8 Å². The van der Waals surface area contributed by atoms with E-state index in [1.165, 1.54) is 12.5 Å². The summed E-state index contributed by atoms with van der Waals surface area (Å²) in [6.45, 7) is 9.58. The van der Waals surface area contributed by atoms with Crippen LogP contribution in [0, 0.1) is 12.7 Å². The fourth-order valence-corrected chi connectivity index (χ4v) is 5.90. The maximum atomic E-state index is 16.1. The summed E-state index contributed by atoms with van der Waals surface area (Å²) in [5.41, 5.74) is 3.72. The maximum Gasteiger partial charge on any atom is 0.246 e. The van der Waals surface area contributed by atoms with Gasteiger partial charge in [0.05, 0.1) is 17.9 Å². The lowest BCUT2D eigenvalue weighted by Crippen LogP contribution is -2.49. The van der Waals surface area contributed by atoms with Gasteiger partial charge in [0.15, 0.2) is 5.82 Å². The summed E-state index contributed by atoms with van der Waals surface area (Å²) in [6, 6.07) is 10.2. The predicted octanol–water partition coefficient (Wildman–Crippen LogP) is 4.74. The average molecular weight is 486 g/mol. The molecular weight excluding hydrogens is 453 g/mol. The third-order valence-corrected chi connectivity index (χ3v) is 8.07. The van der Waals surface area contributed by atoms with Crippen molar-refractivity contribution in [3.8, 4) is 0 Å². The summed E-state index contributed by atoms with van der Waals surface area (Å²) < 4.78 is 16.1. The minimum atomic E-state index is -0.0594. The van der Waals surface area contributed by atoms with Gasteiger partial charge in [-0.15, -0.1) is 0 Å². The van der Waals surface area contributed by atoms with Crippen LogP contribution in [0.2, 0.25) is 0 Å². The second-order valence-corrected chi connectivity index (χ2v) is 10.2. The smallest absolute Gasteiger partial charge is 0.246 e. The van der Waals surface area contributed by atoms with Crippen molar-refractivity contribution in [3.05, 3.63) is 71.4 Å². The highest BCUT2D eigenvalue weighted by atomic mass is 19.1. The molecule has 1 saturated carbocycles. The number of carbonyl (C=O) groups is 1. The molecule has 3 heterocycles. The van der Waals surface area contributed by atoms with E-state index in [1.54, 1.807) is 0 Å². The van der Waals surface area contributed by atoms with Crippen molar-refractivity contribution < 1.29 is 9.18 Å². The molecule has 2 aromatic carbocycles. The molecule has 36 heavy (non-hydrogen) atoms. The van der Waals surface area contributed by atoms with Crippen molar-refractivity contribution in [3.63, 3.8) is 0 Å². The van der Waals surface area contributed by atoms with Gasteiger partial charge in [-0.2, -0.15) is 0 Å². The fourth-order valence-electron chi connectivity index (χ4n) is 5.90. The minimum absolute atomic E-state index is 0.0235. The molecule has 1 saturated heterocycles. The quantitative estimate of drug-likeness (QED) is 0.500. The molecule has 1 aliphatic carbocycles. The Hall–Kier alpha value is -3.48. The van der Waals surface area contributed by atoms with Crippen LogP contribution in [0.15, 0.2) is 43.0 Å². The van der Waals surface area contributed by atoms with Gasteiger partial charge < -0.3 is 14.7 Å². The van der Waals surface area contributed by atoms with E-state index in [0.717, 1.165) is 83.8 Å². The molecule has 186 valence electrons. The first-order chi connectivity index (χ1) is 17.5. The first-order valence-corrected chi connectivity index (χ1v) is 13.0. The van der Waals surface area contributed by atoms with Crippen LogP contribution in [0.1, 0.15) is 47.8 Å². The Kier molecular flexibility index (Phi) is 5.86. The van der Waals surface area contributed by atoms with Crippen molar-refractivity contribution in [1.29, 1.82) is 0 Å². The third kappa shape index (κ3) is 3.91. The number of hydrogen-bond donors (Lipinski definition) is 0. The molecule has 0 unspecified atom stereocenters. The van der Waals surface area contributed by atoms with Crippen LogP contribution in [0.3, 0.4) is 0 Å². The summed E-state index contributed by atoms with van der Waals surface area (Å²) >= 11 is 0. The average Bonchev–Trinajstić information content (AvgIpc) is 2.87. The molecule has 6 nitrogen and oxygen atoms in total. The van der Waals surface area contributed by atoms with Crippen LogP contribution in [0.4, 0.5) is 15.9 Å². The molecule has 1 aromatic heterocycles. The Bertz CT molecular complexity index is 1340. The van der Waals surface area contributed by atoms with Crippen LogP contribution in [0.5, 0.6) is 0 Å². The van der Waals surface area contributed by atoms with Crippen LogP contribution in [0.25, 0.3) is 10.8 Å². The molecule has 3 aliphatic rings. The van der Waals surface area contributed by atoms with Crippen LogP contribution in [-0.4, -0.2) is 53.5 Å². The van der Waals surface area contributed by atoms with Gasteiger partial charge in [0.25, 0.3) is 0 Å². The number of nitrogens with zero attached hydrogens (tertiary/aromatic N) is 5. The van der Waals surface area contributed by atoms with Crippen molar-refractivity contribution >= 4 is 28.2 Å². The number of aromatic nitrogens is 2. The number of hydrogen-bond acceptors (Lipinski definition) is 5. The van der Waals surface area contributed by atoms with Gasteiger partial charge in [0.1, 0.15) is 11.6 Å². The Morgan fingerprint density at radius 1 is 1.08 bits per heavy atom. The lowest BCUT2D eigenvalue weighted by molar-refractivity contribution is -0.126. The van der Waals surface area contributed by atoms with Gasteiger partial charge >= 0.3 is 0 Å². The van der Waals surface area contributed by atoms with Gasteiger partial charge in [0.2, 0.25) is 5.91 Å². The third-order valence-electron chi connectivity index (χ3n) is 8.07. The van der Waals surface area contributed by atoms with E-state index < -0.39 is 0 Å². The number of anilines is 2. The zero-order chi connectivity index (χ0) is 24.8. The van der Waals surface area contributed by atoms with E-state index in [-0.39, 0.29) is 11.7 Å². The second-order valence-electron chi connectivity index (χ2n) is 10.2. The molecule has 2 fully saturated rings. The molecule has 0 spiro atoms. The first-order valence-electron chi connectivity index (χ1n) is 13.0. The Morgan fingerprint density at radius 2 is 1.86 bits per heavy atom. The van der Waals surface area contributed by atoms with Gasteiger partial charge in [0, 0.05) is 43.7 Å². The van der Waals surface area contributed by atoms with Crippen molar-refractivity contribution in [2.75, 3.05) is 42.5 Å². The van der Waals surface area contributed by atoms with Crippen LogP contribution >= 0.6 is 0 Å². The van der Waals surface area contributed by atoms with E-state index >= 15 is 4.39 Å². The number of fused-ring (bicyclic) bond motifs is 2. The van der Waals surface area contributed by atoms with Crippen LogP contribution < -0.4 is 9.80 Å². The summed E-state index contributed by atoms with van der Waals surface area (Å²) in [5, 5.41) is 2.07. The number of rotatable bonds is 4. The fraction of sp³-hybridized carbons (Fsp3) is 0.414. The second kappa shape index (κ2) is 9.19. The summed E-state index contributed by atoms with van der Waals surface area (Å²) in [7, 11) is 0. The summed E-state index contributed by atoms with van der Waals surface area (Å²) in [6.07, 6.45) is 5.46. The molecule has 2 aliphatic heterocycles. The zero-order valence-corrected chi connectivity index (χ0v) is 20.8. The molecular formula is C29H32FN5O. The molecule has 7 heteroatoms. The lowest BCUT2D eigenvalue weighted by Gasteiger charge is -2.38. The Morgan fingerprint density at radius 3 is 2.58 bits per heavy atom. The molecule has 0 bridgehead atoms. The zero-order valence-electron chi connectivity index (χ0n) is 20.8. The first kappa shape index (κ1) is 23.0. The van der Waals surface area contributed by atoms with Gasteiger partial charge in [-0.1, -0.05) is 37.3 Å². The van der Waals surface area contributed by atoms with E-state index in [9.17, 15) is 4.79 Å². The van der Waals surface area contributed by atoms with Gasteiger partial charge in [-0.05, 0) is 55.2 Å². The topological polar surface area (TPSA) is 52.6 Å². The highest BCUT2D eigenvalue weighted by Gasteiger charge is 2.31. The van der Waals surface area contributed by atoms with E-state index in [1.807, 2.05) is 30.0 Å². The Labute approximate surface area is 211 Å². The van der Waals surface area contributed by atoms with Crippen molar-refractivity contribution in [1.82, 2.24) is 14.9 Å². The van der Waals surface area contributed by atoms with E-state index in [2.05, 4.69) is 28.5 Å². The monoisotopic (exact) mass is 485 g/mol. The number of piperazine rings is 1. The lowest BCUT2D eigenvalue weighted by atomic mass is 9.79. The number of benzene rings is 2. The number of halogens is 1. The molecule has 1 amide bonds. The molecule has 0 N–H and O–H groups in total. The van der Waals surface area contributed by atoms with Crippen molar-refractivity contribution in [2.45, 2.75) is 45.1 Å². The predicted molar refractivity (Wildman–Crippen MR) is 141 cm³/mol. The maximum absolute atomic E-state index is 16.1. The number of amides is 1.